The molecule has 0 aromatic heterocycles. The number of fused-ring (bicyclic) bond motifs is 1. The van der Waals surface area contributed by atoms with Gasteiger partial charge in [0.1, 0.15) is 0 Å². The summed E-state index contributed by atoms with van der Waals surface area (Å²) in [6.45, 7) is 3.35. The van der Waals surface area contributed by atoms with E-state index >= 15 is 0 Å². The zero-order chi connectivity index (χ0) is 16.7. The second-order valence-electron chi connectivity index (χ2n) is 5.56. The summed E-state index contributed by atoms with van der Waals surface area (Å²) in [7, 11) is 0. The van der Waals surface area contributed by atoms with Gasteiger partial charge in [-0.15, -0.1) is 0 Å². The van der Waals surface area contributed by atoms with Gasteiger partial charge in [0.05, 0.1) is 11.3 Å². The fourth-order valence-corrected chi connectivity index (χ4v) is 2.40. The van der Waals surface area contributed by atoms with E-state index in [1.165, 1.54) is 0 Å². The highest BCUT2D eigenvalue weighted by Crippen LogP contribution is 2.51. The molecule has 1 N–H and O–H groups in total. The number of hydrogen-bond acceptors (Lipinski definition) is 2. The maximum Gasteiger partial charge on any atom is 0.433 e. The Morgan fingerprint density at radius 1 is 1.27 bits per heavy atom. The number of alkyl halides is 3. The molecule has 1 aromatic rings. The third-order valence-corrected chi connectivity index (χ3v) is 3.53. The number of cyclic esters (lactones) is 1. The number of carbonyl (C=O) groups excluding carboxylic acids is 1. The third kappa shape index (κ3) is 2.62. The monoisotopic (exact) mass is 323 g/mol. The van der Waals surface area contributed by atoms with Crippen LogP contribution in [0.3, 0.4) is 0 Å². The second-order valence-corrected chi connectivity index (χ2v) is 5.56. The Morgan fingerprint density at radius 2 is 1.91 bits per heavy atom. The molecular weight excluding hydrogens is 309 g/mol. The zero-order valence-corrected chi connectivity index (χ0v) is 11.9. The first-order valence-electron chi connectivity index (χ1n) is 6.63. The quantitative estimate of drug-likeness (QED) is 0.817. The molecule has 0 spiro atoms. The molecule has 122 valence electrons. The van der Waals surface area contributed by atoms with Crippen molar-refractivity contribution >= 4 is 11.8 Å². The van der Waals surface area contributed by atoms with Crippen LogP contribution in [0.1, 0.15) is 32.3 Å². The predicted octanol–water partition coefficient (Wildman–Crippen LogP) is 4.72. The molecule has 1 amide bonds. The van der Waals surface area contributed by atoms with Crippen LogP contribution in [0.4, 0.5) is 32.4 Å². The van der Waals surface area contributed by atoms with Crippen molar-refractivity contribution in [2.75, 3.05) is 5.32 Å². The summed E-state index contributed by atoms with van der Waals surface area (Å²) >= 11 is 0. The maximum absolute atomic E-state index is 14.1. The number of nitrogens with one attached hydrogen (secondary N) is 1. The minimum Gasteiger partial charge on any atom is -0.428 e. The van der Waals surface area contributed by atoms with Gasteiger partial charge in [0.15, 0.2) is 11.6 Å². The molecule has 8 heteroatoms. The predicted molar refractivity (Wildman–Crippen MR) is 68.3 cm³/mol. The van der Waals surface area contributed by atoms with Gasteiger partial charge < -0.3 is 4.74 Å². The van der Waals surface area contributed by atoms with E-state index in [-0.39, 0.29) is 12.3 Å². The van der Waals surface area contributed by atoms with E-state index in [0.717, 1.165) is 6.07 Å². The van der Waals surface area contributed by atoms with Gasteiger partial charge in [0, 0.05) is 6.42 Å². The van der Waals surface area contributed by atoms with Gasteiger partial charge in [-0.1, -0.05) is 13.8 Å². The van der Waals surface area contributed by atoms with Gasteiger partial charge in [0.2, 0.25) is 5.60 Å². The van der Waals surface area contributed by atoms with Crippen molar-refractivity contribution in [2.24, 2.45) is 5.92 Å². The topological polar surface area (TPSA) is 38.3 Å². The molecule has 0 saturated heterocycles. The molecule has 1 aliphatic heterocycles. The van der Waals surface area contributed by atoms with Crippen molar-refractivity contribution in [1.29, 1.82) is 0 Å². The normalized spacial score (nSPS) is 21.4. The highest BCUT2D eigenvalue weighted by Gasteiger charge is 2.63. The molecule has 3 nitrogen and oxygen atoms in total. The van der Waals surface area contributed by atoms with E-state index in [1.54, 1.807) is 13.8 Å². The Balaban J connectivity index is 2.68. The fraction of sp³-hybridized carbons (Fsp3) is 0.500. The first kappa shape index (κ1) is 16.5. The zero-order valence-electron chi connectivity index (χ0n) is 11.9. The van der Waals surface area contributed by atoms with Crippen LogP contribution in [-0.4, -0.2) is 12.3 Å². The Bertz CT molecular complexity index is 600. The Labute approximate surface area is 123 Å². The lowest BCUT2D eigenvalue weighted by atomic mass is 9.83. The van der Waals surface area contributed by atoms with Crippen LogP contribution in [0.25, 0.3) is 0 Å². The van der Waals surface area contributed by atoms with E-state index < -0.39 is 47.2 Å². The number of rotatable bonds is 3. The number of hydrogen-bond donors (Lipinski definition) is 1. The van der Waals surface area contributed by atoms with E-state index in [0.29, 0.717) is 6.07 Å². The molecular formula is C14H14F5NO2. The van der Waals surface area contributed by atoms with Gasteiger partial charge in [-0.05, 0) is 24.5 Å². The van der Waals surface area contributed by atoms with Crippen LogP contribution < -0.4 is 5.32 Å². The number of carbonyl (C=O) groups is 1. The Morgan fingerprint density at radius 3 is 2.45 bits per heavy atom. The average molecular weight is 323 g/mol. The summed E-state index contributed by atoms with van der Waals surface area (Å²) in [5.74, 6) is -3.25. The molecule has 22 heavy (non-hydrogen) atoms. The van der Waals surface area contributed by atoms with Crippen LogP contribution in [0.2, 0.25) is 0 Å². The number of anilines is 1. The van der Waals surface area contributed by atoms with Crippen molar-refractivity contribution in [3.8, 4) is 0 Å². The molecule has 0 bridgehead atoms. The summed E-state index contributed by atoms with van der Waals surface area (Å²) in [5, 5.41) is 1.97. The first-order valence-corrected chi connectivity index (χ1v) is 6.63. The molecule has 1 unspecified atom stereocenters. The van der Waals surface area contributed by atoms with Gasteiger partial charge in [-0.3, -0.25) is 5.32 Å². The lowest BCUT2D eigenvalue weighted by Crippen LogP contribution is -2.51. The highest BCUT2D eigenvalue weighted by atomic mass is 19.4. The minimum atomic E-state index is -5.08. The number of halogens is 5. The Kier molecular flexibility index (Phi) is 4.06. The molecule has 1 atom stereocenters. The largest absolute Gasteiger partial charge is 0.433 e. The van der Waals surface area contributed by atoms with Crippen LogP contribution in [0.5, 0.6) is 0 Å². The van der Waals surface area contributed by atoms with E-state index in [1.807, 2.05) is 5.32 Å². The molecule has 1 aliphatic rings. The van der Waals surface area contributed by atoms with Gasteiger partial charge >= 0.3 is 12.3 Å². The molecule has 0 fully saturated rings. The standard InChI is InChI=1S/C14H14F5NO2/c1-7(2)5-6-13(14(17,18)19)10-9(20-12(21)22-13)4-3-8(15)11(10)16/h3-4,7H,5-6H2,1-2H3,(H,20,21). The SMILES string of the molecule is CC(C)CCC1(C(F)(F)F)OC(=O)Nc2ccc(F)c(F)c21. The highest BCUT2D eigenvalue weighted by molar-refractivity contribution is 5.89. The van der Waals surface area contributed by atoms with Crippen LogP contribution in [0.15, 0.2) is 12.1 Å². The number of ether oxygens (including phenoxy) is 1. The minimum absolute atomic E-state index is 0.0161. The molecule has 0 saturated carbocycles. The van der Waals surface area contributed by atoms with Crippen molar-refractivity contribution < 1.29 is 31.5 Å². The average Bonchev–Trinajstić information content (AvgIpc) is 2.38. The van der Waals surface area contributed by atoms with Crippen LogP contribution in [0, 0.1) is 17.6 Å². The molecule has 0 radical (unpaired) electrons. The van der Waals surface area contributed by atoms with Gasteiger partial charge in [-0.25, -0.2) is 13.6 Å². The van der Waals surface area contributed by atoms with Crippen LogP contribution >= 0.6 is 0 Å². The van der Waals surface area contributed by atoms with Gasteiger partial charge in [-0.2, -0.15) is 13.2 Å². The lowest BCUT2D eigenvalue weighted by molar-refractivity contribution is -0.269. The van der Waals surface area contributed by atoms with Crippen LogP contribution in [-0.2, 0) is 10.3 Å². The summed E-state index contributed by atoms with van der Waals surface area (Å²) in [6, 6.07) is 1.55. The molecule has 2 rings (SSSR count). The fourth-order valence-electron chi connectivity index (χ4n) is 2.40. The van der Waals surface area contributed by atoms with E-state index in [9.17, 15) is 26.7 Å². The maximum atomic E-state index is 14.1. The van der Waals surface area contributed by atoms with E-state index in [4.69, 9.17) is 0 Å². The van der Waals surface area contributed by atoms with Gasteiger partial charge in [0.25, 0.3) is 0 Å². The second kappa shape index (κ2) is 5.40. The van der Waals surface area contributed by atoms with E-state index in [2.05, 4.69) is 4.74 Å². The first-order chi connectivity index (χ1) is 10.1. The van der Waals surface area contributed by atoms with Crippen molar-refractivity contribution in [3.05, 3.63) is 29.3 Å². The lowest BCUT2D eigenvalue weighted by Gasteiger charge is -2.40. The number of benzene rings is 1. The summed E-state index contributed by atoms with van der Waals surface area (Å²) in [4.78, 5) is 11.5. The summed E-state index contributed by atoms with van der Waals surface area (Å²) in [6.07, 6.45) is -7.10. The molecule has 0 aliphatic carbocycles. The number of amides is 1. The Hall–Kier alpha value is -1.86. The molecule has 1 aromatic carbocycles. The van der Waals surface area contributed by atoms with Crippen molar-refractivity contribution in [3.63, 3.8) is 0 Å². The van der Waals surface area contributed by atoms with Crippen molar-refractivity contribution in [2.45, 2.75) is 38.5 Å². The van der Waals surface area contributed by atoms with Crippen molar-refractivity contribution in [1.82, 2.24) is 0 Å². The summed E-state index contributed by atoms with van der Waals surface area (Å²) in [5.41, 5.74) is -4.64. The smallest absolute Gasteiger partial charge is 0.428 e. The third-order valence-electron chi connectivity index (χ3n) is 3.53. The summed E-state index contributed by atoms with van der Waals surface area (Å²) < 4.78 is 72.8. The molecule has 1 heterocycles.